The Labute approximate surface area is 132 Å². The molecule has 0 atom stereocenters. The van der Waals surface area contributed by atoms with Gasteiger partial charge in [-0.15, -0.1) is 0 Å². The highest BCUT2D eigenvalue weighted by atomic mass is 16.6. The summed E-state index contributed by atoms with van der Waals surface area (Å²) in [6, 6.07) is 13.9. The van der Waals surface area contributed by atoms with E-state index >= 15 is 0 Å². The zero-order chi connectivity index (χ0) is 16.4. The van der Waals surface area contributed by atoms with Crippen LogP contribution in [-0.2, 0) is 0 Å². The van der Waals surface area contributed by atoms with Crippen molar-refractivity contribution in [1.82, 2.24) is 9.78 Å². The molecule has 3 aromatic rings. The van der Waals surface area contributed by atoms with Gasteiger partial charge in [0.15, 0.2) is 6.29 Å². The molecule has 23 heavy (non-hydrogen) atoms. The monoisotopic (exact) mass is 307 g/mol. The number of hydrogen-bond acceptors (Lipinski definition) is 4. The van der Waals surface area contributed by atoms with Crippen molar-refractivity contribution in [3.63, 3.8) is 0 Å². The molecule has 6 heteroatoms. The minimum Gasteiger partial charge on any atom is -0.298 e. The third kappa shape index (κ3) is 2.74. The van der Waals surface area contributed by atoms with E-state index in [1.165, 1.54) is 6.07 Å². The summed E-state index contributed by atoms with van der Waals surface area (Å²) in [5.74, 6) is 0. The first-order valence-electron chi connectivity index (χ1n) is 6.96. The van der Waals surface area contributed by atoms with E-state index in [0.717, 1.165) is 11.3 Å². The Kier molecular flexibility index (Phi) is 3.72. The number of aldehydes is 1. The highest BCUT2D eigenvalue weighted by molar-refractivity contribution is 5.88. The van der Waals surface area contributed by atoms with Gasteiger partial charge in [0.05, 0.1) is 21.7 Å². The number of carbonyl (C=O) groups is 1. The van der Waals surface area contributed by atoms with E-state index in [9.17, 15) is 14.9 Å². The van der Waals surface area contributed by atoms with Crippen LogP contribution in [0.5, 0.6) is 0 Å². The number of para-hydroxylation sites is 1. The molecule has 0 unspecified atom stereocenters. The maximum absolute atomic E-state index is 11.4. The molecule has 1 aromatic heterocycles. The average molecular weight is 307 g/mol. The minimum atomic E-state index is -0.477. The fourth-order valence-electron chi connectivity index (χ4n) is 2.35. The van der Waals surface area contributed by atoms with Crippen LogP contribution in [0.15, 0.2) is 54.7 Å². The normalized spacial score (nSPS) is 10.5. The van der Waals surface area contributed by atoms with E-state index in [-0.39, 0.29) is 5.69 Å². The highest BCUT2D eigenvalue weighted by Gasteiger charge is 2.20. The summed E-state index contributed by atoms with van der Waals surface area (Å²) in [6.45, 7) is 1.97. The molecular formula is C17H13N3O3. The van der Waals surface area contributed by atoms with Crippen molar-refractivity contribution >= 4 is 12.0 Å². The van der Waals surface area contributed by atoms with Gasteiger partial charge in [0, 0.05) is 12.3 Å². The standard InChI is InChI=1S/C17H13N3O3/c1-12-6-8-14(9-7-12)19-10-13(11-21)17(18-19)15-4-2-3-5-16(15)20(22)23/h2-11H,1H3. The van der Waals surface area contributed by atoms with E-state index < -0.39 is 4.92 Å². The van der Waals surface area contributed by atoms with E-state index in [1.807, 2.05) is 31.2 Å². The maximum atomic E-state index is 11.4. The van der Waals surface area contributed by atoms with Gasteiger partial charge < -0.3 is 0 Å². The second kappa shape index (κ2) is 5.84. The van der Waals surface area contributed by atoms with E-state index in [0.29, 0.717) is 23.1 Å². The number of nitro groups is 1. The van der Waals surface area contributed by atoms with Crippen molar-refractivity contribution in [2.24, 2.45) is 0 Å². The molecule has 2 aromatic carbocycles. The Balaban J connectivity index is 2.16. The molecule has 0 spiro atoms. The Morgan fingerprint density at radius 1 is 1.13 bits per heavy atom. The summed E-state index contributed by atoms with van der Waals surface area (Å²) in [7, 11) is 0. The number of nitro benzene ring substituents is 1. The van der Waals surface area contributed by atoms with E-state index in [4.69, 9.17) is 0 Å². The lowest BCUT2D eigenvalue weighted by molar-refractivity contribution is -0.384. The Hall–Kier alpha value is -3.28. The van der Waals surface area contributed by atoms with Gasteiger partial charge in [0.1, 0.15) is 5.69 Å². The fraction of sp³-hybridized carbons (Fsp3) is 0.0588. The van der Waals surface area contributed by atoms with Gasteiger partial charge in [0.2, 0.25) is 0 Å². The first kappa shape index (κ1) is 14.6. The van der Waals surface area contributed by atoms with Gasteiger partial charge in [0.25, 0.3) is 5.69 Å². The second-order valence-corrected chi connectivity index (χ2v) is 5.11. The fourth-order valence-corrected chi connectivity index (χ4v) is 2.35. The van der Waals surface area contributed by atoms with Gasteiger partial charge >= 0.3 is 0 Å². The zero-order valence-electron chi connectivity index (χ0n) is 12.3. The lowest BCUT2D eigenvalue weighted by Gasteiger charge is -2.02. The lowest BCUT2D eigenvalue weighted by Crippen LogP contribution is -1.96. The largest absolute Gasteiger partial charge is 0.298 e. The lowest BCUT2D eigenvalue weighted by atomic mass is 10.1. The maximum Gasteiger partial charge on any atom is 0.278 e. The molecule has 0 saturated carbocycles. The Morgan fingerprint density at radius 3 is 2.48 bits per heavy atom. The third-order valence-corrected chi connectivity index (χ3v) is 3.52. The van der Waals surface area contributed by atoms with Gasteiger partial charge in [-0.1, -0.05) is 29.8 Å². The van der Waals surface area contributed by atoms with E-state index in [2.05, 4.69) is 5.10 Å². The minimum absolute atomic E-state index is 0.0789. The summed E-state index contributed by atoms with van der Waals surface area (Å²) >= 11 is 0. The van der Waals surface area contributed by atoms with Crippen LogP contribution >= 0.6 is 0 Å². The number of carbonyl (C=O) groups excluding carboxylic acids is 1. The van der Waals surface area contributed by atoms with Crippen molar-refractivity contribution in [2.45, 2.75) is 6.92 Å². The smallest absolute Gasteiger partial charge is 0.278 e. The Bertz CT molecular complexity index is 882. The highest BCUT2D eigenvalue weighted by Crippen LogP contribution is 2.30. The number of aromatic nitrogens is 2. The number of nitrogens with zero attached hydrogens (tertiary/aromatic N) is 3. The number of rotatable bonds is 4. The third-order valence-electron chi connectivity index (χ3n) is 3.52. The van der Waals surface area contributed by atoms with Crippen molar-refractivity contribution in [3.05, 3.63) is 76.0 Å². The van der Waals surface area contributed by atoms with Gasteiger partial charge in [-0.2, -0.15) is 5.10 Å². The van der Waals surface area contributed by atoms with Crippen LogP contribution in [0.2, 0.25) is 0 Å². The summed E-state index contributed by atoms with van der Waals surface area (Å²) in [5, 5.41) is 15.6. The molecule has 6 nitrogen and oxygen atoms in total. The first-order valence-corrected chi connectivity index (χ1v) is 6.96. The molecule has 114 valence electrons. The molecule has 0 fully saturated rings. The zero-order valence-corrected chi connectivity index (χ0v) is 12.3. The quantitative estimate of drug-likeness (QED) is 0.419. The summed E-state index contributed by atoms with van der Waals surface area (Å²) < 4.78 is 1.55. The van der Waals surface area contributed by atoms with Crippen LogP contribution in [0, 0.1) is 17.0 Å². The first-order chi connectivity index (χ1) is 11.1. The number of hydrogen-bond donors (Lipinski definition) is 0. The predicted octanol–water partition coefficient (Wildman–Crippen LogP) is 3.57. The van der Waals surface area contributed by atoms with Crippen LogP contribution in [0.3, 0.4) is 0 Å². The molecule has 0 saturated heterocycles. The van der Waals surface area contributed by atoms with Crippen molar-refractivity contribution in [1.29, 1.82) is 0 Å². The molecule has 0 N–H and O–H groups in total. The van der Waals surface area contributed by atoms with Crippen LogP contribution in [0.25, 0.3) is 16.9 Å². The van der Waals surface area contributed by atoms with Crippen molar-refractivity contribution < 1.29 is 9.72 Å². The van der Waals surface area contributed by atoms with Crippen LogP contribution in [0.4, 0.5) is 5.69 Å². The molecule has 3 rings (SSSR count). The van der Waals surface area contributed by atoms with E-state index in [1.54, 1.807) is 29.1 Å². The summed E-state index contributed by atoms with van der Waals surface area (Å²) in [4.78, 5) is 22.1. The van der Waals surface area contributed by atoms with Gasteiger partial charge in [-0.25, -0.2) is 4.68 Å². The number of aryl methyl sites for hydroxylation is 1. The SMILES string of the molecule is Cc1ccc(-n2cc(C=O)c(-c3ccccc3[N+](=O)[O-])n2)cc1. The Morgan fingerprint density at radius 2 is 1.83 bits per heavy atom. The number of benzene rings is 2. The summed E-state index contributed by atoms with van der Waals surface area (Å²) in [5.41, 5.74) is 2.74. The topological polar surface area (TPSA) is 78.0 Å². The van der Waals surface area contributed by atoms with Crippen molar-refractivity contribution in [3.8, 4) is 16.9 Å². The van der Waals surface area contributed by atoms with Crippen LogP contribution in [-0.4, -0.2) is 21.0 Å². The molecular weight excluding hydrogens is 294 g/mol. The van der Waals surface area contributed by atoms with Gasteiger partial charge in [-0.3, -0.25) is 14.9 Å². The van der Waals surface area contributed by atoms with Gasteiger partial charge in [-0.05, 0) is 25.1 Å². The average Bonchev–Trinajstić information content (AvgIpc) is 2.99. The van der Waals surface area contributed by atoms with Crippen molar-refractivity contribution in [2.75, 3.05) is 0 Å². The summed E-state index contributed by atoms with van der Waals surface area (Å²) in [6.07, 6.45) is 2.23. The molecule has 0 bridgehead atoms. The molecule has 0 radical (unpaired) electrons. The molecule has 0 aliphatic carbocycles. The van der Waals surface area contributed by atoms with Crippen LogP contribution < -0.4 is 0 Å². The molecule has 1 heterocycles. The molecule has 0 aliphatic rings. The van der Waals surface area contributed by atoms with Crippen LogP contribution in [0.1, 0.15) is 15.9 Å². The molecule has 0 aliphatic heterocycles. The second-order valence-electron chi connectivity index (χ2n) is 5.11. The predicted molar refractivity (Wildman–Crippen MR) is 85.8 cm³/mol. The molecule has 0 amide bonds.